The van der Waals surface area contributed by atoms with Crippen LogP contribution in [0.4, 0.5) is 0 Å². The number of carbonyl (C=O) groups is 2. The van der Waals surface area contributed by atoms with Gasteiger partial charge in [-0.15, -0.1) is 0 Å². The molecule has 3 saturated heterocycles. The van der Waals surface area contributed by atoms with Gasteiger partial charge >= 0.3 is 0 Å². The van der Waals surface area contributed by atoms with E-state index in [1.54, 1.807) is 0 Å². The third kappa shape index (κ3) is 25.9. The predicted molar refractivity (Wildman–Crippen MR) is 249 cm³/mol. The van der Waals surface area contributed by atoms with Crippen molar-refractivity contribution in [2.45, 2.75) is 245 Å². The highest BCUT2D eigenvalue weighted by molar-refractivity contribution is 5.78. The van der Waals surface area contributed by atoms with Crippen molar-refractivity contribution in [3.63, 3.8) is 0 Å². The number of carbonyl (C=O) groups excluding carboxylic acids is 2. The topological polar surface area (TPSA) is 40.6 Å². The highest BCUT2D eigenvalue weighted by atomic mass is 35.5. The number of likely N-dealkylation sites (tertiary alicyclic amines) is 3. The summed E-state index contributed by atoms with van der Waals surface area (Å²) in [7, 11) is 0. The van der Waals surface area contributed by atoms with E-state index in [1.165, 1.54) is 230 Å². The Morgan fingerprint density at radius 1 is 0.417 bits per heavy atom. The molecule has 352 valence electrons. The smallest absolute Gasteiger partial charge is 0.226 e. The molecule has 0 unspecified atom stereocenters. The van der Waals surface area contributed by atoms with E-state index in [2.05, 4.69) is 48.2 Å². The summed E-state index contributed by atoms with van der Waals surface area (Å²) in [6.45, 7) is 13.4. The largest absolute Gasteiger partial charge is 1.00 e. The molecule has 0 aliphatic carbocycles. The third-order valence-corrected chi connectivity index (χ3v) is 14.1. The molecule has 0 spiro atoms. The summed E-state index contributed by atoms with van der Waals surface area (Å²) in [6.07, 6.45) is 57.8. The zero-order chi connectivity index (χ0) is 41.3. The highest BCUT2D eigenvalue weighted by Gasteiger charge is 2.36. The van der Waals surface area contributed by atoms with Crippen LogP contribution < -0.4 is 24.8 Å². The van der Waals surface area contributed by atoms with Crippen LogP contribution in [0, 0.1) is 0 Å². The molecule has 4 aliphatic rings. The summed E-state index contributed by atoms with van der Waals surface area (Å²) in [5.41, 5.74) is 0. The van der Waals surface area contributed by atoms with E-state index in [0.717, 1.165) is 63.1 Å². The first-order chi connectivity index (χ1) is 28.5. The second-order valence-corrected chi connectivity index (χ2v) is 19.4. The van der Waals surface area contributed by atoms with Gasteiger partial charge in [0.2, 0.25) is 11.8 Å². The normalized spacial score (nSPS) is 17.6. The first-order valence-corrected chi connectivity index (χ1v) is 26.2. The van der Waals surface area contributed by atoms with Gasteiger partial charge < -0.3 is 29.3 Å². The SMILES string of the molecule is CCCCCCCCCCCCCCCCCC[N+]1(CN2CCCC2=O)CCCC1.CCCCCCCCCCCCCCCC[N+]1(CN2CCCC2=O)C=CC=C1.[Cl-].[Cl-]. The van der Waals surface area contributed by atoms with Crippen molar-refractivity contribution in [1.82, 2.24) is 9.80 Å². The molecular weight excluding hydrogens is 784 g/mol. The number of halogens is 2. The number of hydrogen-bond acceptors (Lipinski definition) is 2. The van der Waals surface area contributed by atoms with Crippen LogP contribution in [0.25, 0.3) is 0 Å². The van der Waals surface area contributed by atoms with Gasteiger partial charge in [-0.1, -0.05) is 181 Å². The molecule has 0 aromatic rings. The van der Waals surface area contributed by atoms with E-state index in [1.807, 2.05) is 0 Å². The van der Waals surface area contributed by atoms with E-state index >= 15 is 0 Å². The van der Waals surface area contributed by atoms with Gasteiger partial charge in [0.05, 0.1) is 26.2 Å². The van der Waals surface area contributed by atoms with E-state index in [4.69, 9.17) is 0 Å². The monoisotopic (exact) mass is 881 g/mol. The minimum atomic E-state index is 0. The van der Waals surface area contributed by atoms with Gasteiger partial charge in [-0.05, 0) is 50.7 Å². The molecule has 0 aromatic carbocycles. The van der Waals surface area contributed by atoms with Crippen molar-refractivity contribution in [1.29, 1.82) is 0 Å². The highest BCUT2D eigenvalue weighted by Crippen LogP contribution is 2.25. The van der Waals surface area contributed by atoms with Crippen LogP contribution in [0.2, 0.25) is 0 Å². The Hall–Kier alpha value is -1.08. The maximum Gasteiger partial charge on any atom is 0.226 e. The summed E-state index contributed by atoms with van der Waals surface area (Å²) in [4.78, 5) is 28.2. The molecule has 0 N–H and O–H groups in total. The lowest BCUT2D eigenvalue weighted by Gasteiger charge is -2.37. The van der Waals surface area contributed by atoms with Crippen LogP contribution in [0.15, 0.2) is 24.6 Å². The van der Waals surface area contributed by atoms with Gasteiger partial charge in [0.1, 0.15) is 12.4 Å². The lowest BCUT2D eigenvalue weighted by molar-refractivity contribution is -0.925. The van der Waals surface area contributed by atoms with E-state index < -0.39 is 0 Å². The maximum absolute atomic E-state index is 12.0. The average Bonchev–Trinajstić information content (AvgIpc) is 4.06. The number of allylic oxidation sites excluding steroid dienone is 2. The average molecular weight is 882 g/mol. The molecule has 0 aromatic heterocycles. The number of rotatable bonds is 36. The van der Waals surface area contributed by atoms with E-state index in [-0.39, 0.29) is 24.8 Å². The fourth-order valence-electron chi connectivity index (χ4n) is 10.2. The molecule has 4 rings (SSSR count). The lowest BCUT2D eigenvalue weighted by Crippen LogP contribution is -3.00. The molecule has 0 bridgehead atoms. The van der Waals surface area contributed by atoms with Gasteiger partial charge in [0, 0.05) is 38.8 Å². The summed E-state index contributed by atoms with van der Waals surface area (Å²) >= 11 is 0. The van der Waals surface area contributed by atoms with Gasteiger partial charge in [0.25, 0.3) is 0 Å². The zero-order valence-electron chi connectivity index (χ0n) is 39.8. The van der Waals surface area contributed by atoms with Gasteiger partial charge in [-0.25, -0.2) is 0 Å². The molecule has 0 atom stereocenters. The zero-order valence-corrected chi connectivity index (χ0v) is 41.3. The van der Waals surface area contributed by atoms with Crippen LogP contribution in [0.1, 0.15) is 245 Å². The number of quaternary nitrogens is 2. The molecule has 2 amide bonds. The lowest BCUT2D eigenvalue weighted by atomic mass is 10.0. The summed E-state index contributed by atoms with van der Waals surface area (Å²) in [6, 6.07) is 0. The molecule has 6 nitrogen and oxygen atoms in total. The van der Waals surface area contributed by atoms with Gasteiger partial charge in [-0.2, -0.15) is 0 Å². The van der Waals surface area contributed by atoms with Crippen LogP contribution in [-0.2, 0) is 9.59 Å². The maximum atomic E-state index is 12.0. The molecule has 4 heterocycles. The Morgan fingerprint density at radius 3 is 1.07 bits per heavy atom. The van der Waals surface area contributed by atoms with E-state index in [0.29, 0.717) is 11.8 Å². The molecule has 0 radical (unpaired) electrons. The number of hydrogen-bond donors (Lipinski definition) is 0. The van der Waals surface area contributed by atoms with Crippen LogP contribution >= 0.6 is 0 Å². The quantitative estimate of drug-likeness (QED) is 0.0470. The number of nitrogens with zero attached hydrogens (tertiary/aromatic N) is 4. The minimum Gasteiger partial charge on any atom is -1.00 e. The standard InChI is InChI=1S/C27H53N2O.C25H45N2O.2ClH/c1-2-3-4-5-6-7-8-9-10-11-12-13-14-15-16-17-23-29(24-18-19-25-29)26-28-22-20-21-27(28)30;1-2-3-4-5-6-7-8-9-10-11-12-13-14-15-21-27(22-16-17-23-27)24-26-20-18-19-25(26)28;;/h2-26H2,1H3;16-17,22-23H,2-15,18-21,24H2,1H3;2*1H/q2*+1;;/p-2. The van der Waals surface area contributed by atoms with Crippen molar-refractivity contribution < 1.29 is 43.4 Å². The molecule has 8 heteroatoms. The van der Waals surface area contributed by atoms with Crippen molar-refractivity contribution in [2.24, 2.45) is 0 Å². The minimum absolute atomic E-state index is 0. The first-order valence-electron chi connectivity index (χ1n) is 26.2. The van der Waals surface area contributed by atoms with E-state index in [9.17, 15) is 9.59 Å². The molecule has 4 aliphatic heterocycles. The Morgan fingerprint density at radius 2 is 0.733 bits per heavy atom. The summed E-state index contributed by atoms with van der Waals surface area (Å²) < 4.78 is 2.06. The van der Waals surface area contributed by atoms with Crippen molar-refractivity contribution in [3.05, 3.63) is 24.6 Å². The molecule has 3 fully saturated rings. The summed E-state index contributed by atoms with van der Waals surface area (Å²) in [5, 5.41) is 0. The van der Waals surface area contributed by atoms with Crippen LogP contribution in [0.3, 0.4) is 0 Å². The Labute approximate surface area is 385 Å². The second kappa shape index (κ2) is 37.3. The van der Waals surface area contributed by atoms with Gasteiger partial charge in [-0.3, -0.25) is 23.9 Å². The molecule has 0 saturated carbocycles. The first kappa shape index (κ1) is 56.9. The Balaban J connectivity index is 0.000000582. The second-order valence-electron chi connectivity index (χ2n) is 19.4. The fourth-order valence-corrected chi connectivity index (χ4v) is 10.2. The predicted octanol–water partition coefficient (Wildman–Crippen LogP) is 8.35. The molecular formula is C52H98Cl2N4O2. The third-order valence-electron chi connectivity index (χ3n) is 14.1. The number of unbranched alkanes of at least 4 members (excludes halogenated alkanes) is 28. The van der Waals surface area contributed by atoms with Crippen molar-refractivity contribution in [3.8, 4) is 0 Å². The van der Waals surface area contributed by atoms with Gasteiger partial charge in [0.15, 0.2) is 13.3 Å². The number of amides is 2. The van der Waals surface area contributed by atoms with Crippen LogP contribution in [0.5, 0.6) is 0 Å². The molecule has 60 heavy (non-hydrogen) atoms. The Kier molecular flexibility index (Phi) is 35.4. The van der Waals surface area contributed by atoms with Crippen LogP contribution in [-0.4, -0.2) is 83.2 Å². The van der Waals surface area contributed by atoms with Crippen molar-refractivity contribution in [2.75, 3.05) is 52.6 Å². The summed E-state index contributed by atoms with van der Waals surface area (Å²) in [5.74, 6) is 0.749. The Bertz CT molecular complexity index is 1080. The van der Waals surface area contributed by atoms with Crippen molar-refractivity contribution >= 4 is 11.8 Å². The fraction of sp³-hybridized carbons (Fsp3) is 0.885.